The van der Waals surface area contributed by atoms with Crippen LogP contribution in [0.1, 0.15) is 97.9 Å². The number of phenolic OH excluding ortho intramolecular Hbond substituents is 1. The zero-order valence-electron chi connectivity index (χ0n) is 29.5. The number of aryl methyl sites for hydroxylation is 1. The molecule has 3 rings (SSSR count). The maximum Gasteiger partial charge on any atom is 0.408 e. The Morgan fingerprint density at radius 1 is 0.957 bits per heavy atom. The minimum Gasteiger partial charge on any atom is -0.508 e. The highest BCUT2D eigenvalue weighted by atomic mass is 16.6. The fourth-order valence-corrected chi connectivity index (χ4v) is 5.40. The Kier molecular flexibility index (Phi) is 12.1. The second-order valence-electron chi connectivity index (χ2n) is 14.8. The number of esters is 1. The lowest BCUT2D eigenvalue weighted by molar-refractivity contribution is -0.159. The molecule has 0 saturated heterocycles. The van der Waals surface area contributed by atoms with Crippen molar-refractivity contribution in [2.24, 2.45) is 11.8 Å². The van der Waals surface area contributed by atoms with Crippen molar-refractivity contribution >= 4 is 23.9 Å². The van der Waals surface area contributed by atoms with Gasteiger partial charge in [0.25, 0.3) is 0 Å². The molecule has 3 N–H and O–H groups in total. The van der Waals surface area contributed by atoms with E-state index in [4.69, 9.17) is 9.47 Å². The fourth-order valence-electron chi connectivity index (χ4n) is 5.40. The molecular weight excluding hydrogens is 598 g/mol. The smallest absolute Gasteiger partial charge is 0.408 e. The van der Waals surface area contributed by atoms with E-state index in [0.29, 0.717) is 24.0 Å². The number of ether oxygens (including phenoxy) is 2. The molecule has 1 aliphatic carbocycles. The lowest BCUT2D eigenvalue weighted by Gasteiger charge is -2.37. The number of carbonyl (C=O) groups is 4. The molecule has 0 radical (unpaired) electrons. The van der Waals surface area contributed by atoms with Gasteiger partial charge in [-0.15, -0.1) is 0 Å². The van der Waals surface area contributed by atoms with Crippen LogP contribution in [0.2, 0.25) is 0 Å². The van der Waals surface area contributed by atoms with Gasteiger partial charge in [-0.25, -0.2) is 9.59 Å². The largest absolute Gasteiger partial charge is 0.508 e. The van der Waals surface area contributed by atoms with Crippen LogP contribution in [0.3, 0.4) is 0 Å². The summed E-state index contributed by atoms with van der Waals surface area (Å²) in [6.07, 6.45) is 0.681. The third-order valence-corrected chi connectivity index (χ3v) is 8.18. The van der Waals surface area contributed by atoms with E-state index in [9.17, 15) is 24.3 Å². The molecule has 6 unspecified atom stereocenters. The average Bonchev–Trinajstić information content (AvgIpc) is 3.69. The Morgan fingerprint density at radius 2 is 1.55 bits per heavy atom. The van der Waals surface area contributed by atoms with Crippen LogP contribution in [-0.2, 0) is 30.3 Å². The molecule has 10 nitrogen and oxygen atoms in total. The molecule has 47 heavy (non-hydrogen) atoms. The van der Waals surface area contributed by atoms with Gasteiger partial charge in [0.15, 0.2) is 0 Å². The minimum atomic E-state index is -1.18. The lowest BCUT2D eigenvalue weighted by Crippen LogP contribution is -2.57. The number of carbonyl (C=O) groups excluding carboxylic acids is 4. The van der Waals surface area contributed by atoms with E-state index in [0.717, 1.165) is 5.56 Å². The third kappa shape index (κ3) is 10.7. The van der Waals surface area contributed by atoms with Gasteiger partial charge < -0.3 is 30.1 Å². The number of rotatable bonds is 12. The monoisotopic (exact) mass is 651 g/mol. The molecular formula is C37H53N3O7. The zero-order valence-corrected chi connectivity index (χ0v) is 29.5. The Bertz CT molecular complexity index is 1410. The van der Waals surface area contributed by atoms with Gasteiger partial charge in [0, 0.05) is 12.5 Å². The summed E-state index contributed by atoms with van der Waals surface area (Å²) in [6.45, 7) is 18.0. The number of phenols is 1. The van der Waals surface area contributed by atoms with Gasteiger partial charge in [-0.05, 0) is 95.5 Å². The number of nitrogens with zero attached hydrogens (tertiary/aromatic N) is 1. The Hall–Kier alpha value is -4.08. The van der Waals surface area contributed by atoms with Crippen molar-refractivity contribution in [1.82, 2.24) is 15.5 Å². The summed E-state index contributed by atoms with van der Waals surface area (Å²) in [5, 5.41) is 16.1. The Labute approximate surface area is 279 Å². The van der Waals surface area contributed by atoms with Crippen molar-refractivity contribution in [2.75, 3.05) is 0 Å². The predicted octanol–water partition coefficient (Wildman–Crippen LogP) is 5.99. The second-order valence-corrected chi connectivity index (χ2v) is 14.8. The number of hydrogen-bond acceptors (Lipinski definition) is 7. The number of benzene rings is 2. The molecule has 0 aliphatic heterocycles. The van der Waals surface area contributed by atoms with E-state index in [-0.39, 0.29) is 30.0 Å². The summed E-state index contributed by atoms with van der Waals surface area (Å²) in [7, 11) is 0. The molecule has 1 aliphatic rings. The van der Waals surface area contributed by atoms with E-state index in [1.165, 1.54) is 6.07 Å². The van der Waals surface area contributed by atoms with Crippen molar-refractivity contribution in [3.63, 3.8) is 0 Å². The molecule has 258 valence electrons. The summed E-state index contributed by atoms with van der Waals surface area (Å²) in [4.78, 5) is 57.3. The van der Waals surface area contributed by atoms with Gasteiger partial charge >= 0.3 is 12.1 Å². The van der Waals surface area contributed by atoms with Crippen LogP contribution in [0.15, 0.2) is 48.5 Å². The first-order valence-electron chi connectivity index (χ1n) is 16.5. The molecule has 1 saturated carbocycles. The molecule has 0 heterocycles. The van der Waals surface area contributed by atoms with Crippen LogP contribution in [0.25, 0.3) is 0 Å². The Balaban J connectivity index is 2.10. The molecule has 1 fully saturated rings. The number of amides is 3. The van der Waals surface area contributed by atoms with E-state index in [1.807, 2.05) is 51.1 Å². The molecule has 0 aromatic heterocycles. The van der Waals surface area contributed by atoms with Gasteiger partial charge in [0.2, 0.25) is 11.8 Å². The van der Waals surface area contributed by atoms with Crippen molar-refractivity contribution in [3.05, 3.63) is 65.2 Å². The van der Waals surface area contributed by atoms with E-state index in [1.54, 1.807) is 65.5 Å². The molecule has 0 spiro atoms. The van der Waals surface area contributed by atoms with Crippen LogP contribution in [-0.4, -0.2) is 63.2 Å². The van der Waals surface area contributed by atoms with E-state index >= 15 is 0 Å². The van der Waals surface area contributed by atoms with Gasteiger partial charge in [-0.2, -0.15) is 0 Å². The van der Waals surface area contributed by atoms with Crippen molar-refractivity contribution < 1.29 is 33.8 Å². The average molecular weight is 652 g/mol. The third-order valence-electron chi connectivity index (χ3n) is 8.18. The normalized spacial score (nSPS) is 18.6. The zero-order chi connectivity index (χ0) is 35.3. The molecule has 2 aromatic rings. The minimum absolute atomic E-state index is 0.0466. The van der Waals surface area contributed by atoms with Gasteiger partial charge in [-0.1, -0.05) is 63.6 Å². The summed E-state index contributed by atoms with van der Waals surface area (Å²) in [6, 6.07) is 10.6. The van der Waals surface area contributed by atoms with Crippen LogP contribution in [0, 0.1) is 18.8 Å². The van der Waals surface area contributed by atoms with Crippen molar-refractivity contribution in [3.8, 4) is 5.75 Å². The van der Waals surface area contributed by atoms with Gasteiger partial charge in [-0.3, -0.25) is 9.59 Å². The topological polar surface area (TPSA) is 134 Å². The SMILES string of the molecule is CCC(C)C(NC(=O)OC(C)(C)C)C(=O)N(C(C(=O)NC(Cc1ccccc1)C(=O)OC(C)(C)C)c1ccc(O)c(C)c1)C1CC1C. The van der Waals surface area contributed by atoms with E-state index < -0.39 is 53.2 Å². The molecule has 10 heteroatoms. The first-order valence-corrected chi connectivity index (χ1v) is 16.5. The molecule has 6 atom stereocenters. The lowest BCUT2D eigenvalue weighted by atomic mass is 9.94. The van der Waals surface area contributed by atoms with Crippen LogP contribution in [0.5, 0.6) is 5.75 Å². The summed E-state index contributed by atoms with van der Waals surface area (Å²) in [5.41, 5.74) is 0.233. The first-order chi connectivity index (χ1) is 21.8. The van der Waals surface area contributed by atoms with Crippen LogP contribution in [0.4, 0.5) is 4.79 Å². The highest BCUT2D eigenvalue weighted by molar-refractivity contribution is 5.94. The highest BCUT2D eigenvalue weighted by Gasteiger charge is 2.49. The quantitative estimate of drug-likeness (QED) is 0.240. The highest BCUT2D eigenvalue weighted by Crippen LogP contribution is 2.41. The maximum atomic E-state index is 14.7. The summed E-state index contributed by atoms with van der Waals surface area (Å²) in [5.74, 6) is -1.75. The molecule has 2 aromatic carbocycles. The first kappa shape index (κ1) is 37.4. The van der Waals surface area contributed by atoms with Gasteiger partial charge in [0.1, 0.15) is 35.1 Å². The standard InChI is InChI=1S/C37H53N3O7/c1-11-22(2)30(39-35(45)47-37(8,9)10)33(43)40(28-20-23(28)3)31(26-17-18-29(41)24(4)19-26)32(42)38-27(34(44)46-36(5,6)7)21-25-15-13-12-14-16-25/h12-19,22-23,27-28,30-31,41H,11,20-21H2,1-10H3,(H,38,42)(H,39,45). The van der Waals surface area contributed by atoms with Crippen molar-refractivity contribution in [1.29, 1.82) is 0 Å². The maximum absolute atomic E-state index is 14.7. The number of aromatic hydroxyl groups is 1. The predicted molar refractivity (Wildman–Crippen MR) is 181 cm³/mol. The van der Waals surface area contributed by atoms with Crippen molar-refractivity contribution in [2.45, 2.75) is 124 Å². The second kappa shape index (κ2) is 15.2. The number of alkyl carbamates (subject to hydrolysis) is 1. The summed E-state index contributed by atoms with van der Waals surface area (Å²) < 4.78 is 11.2. The number of hydrogen-bond donors (Lipinski definition) is 3. The fraction of sp³-hybridized carbons (Fsp3) is 0.568. The van der Waals surface area contributed by atoms with Crippen LogP contribution < -0.4 is 10.6 Å². The summed E-state index contributed by atoms with van der Waals surface area (Å²) >= 11 is 0. The van der Waals surface area contributed by atoms with Gasteiger partial charge in [0.05, 0.1) is 0 Å². The van der Waals surface area contributed by atoms with E-state index in [2.05, 4.69) is 10.6 Å². The van der Waals surface area contributed by atoms with Crippen LogP contribution >= 0.6 is 0 Å². The Morgan fingerprint density at radius 3 is 2.06 bits per heavy atom. The number of nitrogens with one attached hydrogen (secondary N) is 2. The molecule has 3 amide bonds. The molecule has 0 bridgehead atoms.